The summed E-state index contributed by atoms with van der Waals surface area (Å²) in [6, 6.07) is 6.42. The summed E-state index contributed by atoms with van der Waals surface area (Å²) in [7, 11) is -3.42. The van der Waals surface area contributed by atoms with Crippen molar-refractivity contribution < 1.29 is 8.42 Å². The first-order valence-electron chi connectivity index (χ1n) is 6.05. The smallest absolute Gasteiger partial charge is 0.243 e. The molecule has 1 unspecified atom stereocenters. The zero-order valence-corrected chi connectivity index (χ0v) is 11.9. The third-order valence-electron chi connectivity index (χ3n) is 3.02. The number of benzene rings is 1. The van der Waals surface area contributed by atoms with E-state index in [1.165, 1.54) is 4.31 Å². The molecule has 1 rings (SSSR count). The summed E-state index contributed by atoms with van der Waals surface area (Å²) in [6.45, 7) is 6.20. The first kappa shape index (κ1) is 14.9. The van der Waals surface area contributed by atoms with Crippen molar-refractivity contribution in [1.82, 2.24) is 4.31 Å². The number of nitrogen functional groups attached to an aromatic ring is 1. The summed E-state index contributed by atoms with van der Waals surface area (Å²) < 4.78 is 26.4. The second-order valence-electron chi connectivity index (χ2n) is 4.13. The fourth-order valence-electron chi connectivity index (χ4n) is 1.78. The number of anilines is 1. The highest BCUT2D eigenvalue weighted by Crippen LogP contribution is 2.20. The normalized spacial score (nSPS) is 13.6. The van der Waals surface area contributed by atoms with Gasteiger partial charge in [0.2, 0.25) is 10.0 Å². The zero-order chi connectivity index (χ0) is 13.8. The highest BCUT2D eigenvalue weighted by Gasteiger charge is 2.26. The molecule has 0 amide bonds. The van der Waals surface area contributed by atoms with E-state index in [-0.39, 0.29) is 6.04 Å². The molecule has 0 saturated heterocycles. The van der Waals surface area contributed by atoms with Gasteiger partial charge in [-0.2, -0.15) is 4.31 Å². The van der Waals surface area contributed by atoms with Crippen LogP contribution in [0, 0.1) is 0 Å². The van der Waals surface area contributed by atoms with Crippen molar-refractivity contribution in [2.45, 2.75) is 38.1 Å². The molecule has 1 aromatic rings. The molecule has 0 radical (unpaired) electrons. The van der Waals surface area contributed by atoms with E-state index >= 15 is 0 Å². The minimum Gasteiger partial charge on any atom is -0.324 e. The standard InChI is InChI=1S/C12H21N3O2S/c1-4-10(3)15(5-2)18(16,17)12-8-6-11(14-13)7-9-12/h6-10,14H,4-5,13H2,1-3H3. The number of hydrazine groups is 1. The molecule has 0 aliphatic rings. The fraction of sp³-hybridized carbons (Fsp3) is 0.500. The van der Waals surface area contributed by atoms with Crippen molar-refractivity contribution in [1.29, 1.82) is 0 Å². The Labute approximate surface area is 109 Å². The summed E-state index contributed by atoms with van der Waals surface area (Å²) >= 11 is 0. The average molecular weight is 271 g/mol. The van der Waals surface area contributed by atoms with E-state index in [0.29, 0.717) is 17.1 Å². The highest BCUT2D eigenvalue weighted by molar-refractivity contribution is 7.89. The van der Waals surface area contributed by atoms with Gasteiger partial charge in [0.25, 0.3) is 0 Å². The Morgan fingerprint density at radius 1 is 1.28 bits per heavy atom. The van der Waals surface area contributed by atoms with E-state index in [2.05, 4.69) is 5.43 Å². The molecule has 0 fully saturated rings. The number of sulfonamides is 1. The minimum atomic E-state index is -3.42. The van der Waals surface area contributed by atoms with E-state index in [1.807, 2.05) is 20.8 Å². The van der Waals surface area contributed by atoms with E-state index in [4.69, 9.17) is 5.84 Å². The Morgan fingerprint density at radius 2 is 1.83 bits per heavy atom. The summed E-state index contributed by atoms with van der Waals surface area (Å²) in [6.07, 6.45) is 0.787. The number of nitrogens with zero attached hydrogens (tertiary/aromatic N) is 1. The van der Waals surface area contributed by atoms with E-state index < -0.39 is 10.0 Å². The van der Waals surface area contributed by atoms with Crippen molar-refractivity contribution in [2.75, 3.05) is 12.0 Å². The van der Waals surface area contributed by atoms with Crippen LogP contribution in [0.5, 0.6) is 0 Å². The number of nitrogens with two attached hydrogens (primary N) is 1. The van der Waals surface area contributed by atoms with Gasteiger partial charge in [-0.05, 0) is 37.6 Å². The fourth-order valence-corrected chi connectivity index (χ4v) is 3.49. The Morgan fingerprint density at radius 3 is 2.22 bits per heavy atom. The van der Waals surface area contributed by atoms with Crippen LogP contribution in [0.4, 0.5) is 5.69 Å². The van der Waals surface area contributed by atoms with Crippen LogP contribution in [0.25, 0.3) is 0 Å². The number of rotatable bonds is 6. The molecule has 0 saturated carbocycles. The molecule has 1 aromatic carbocycles. The second-order valence-corrected chi connectivity index (χ2v) is 6.02. The number of hydrogen-bond donors (Lipinski definition) is 2. The van der Waals surface area contributed by atoms with Crippen LogP contribution in [0.15, 0.2) is 29.2 Å². The molecule has 0 spiro atoms. The summed E-state index contributed by atoms with van der Waals surface area (Å²) in [5, 5.41) is 0. The lowest BCUT2D eigenvalue weighted by molar-refractivity contribution is 0.342. The third kappa shape index (κ3) is 3.01. The lowest BCUT2D eigenvalue weighted by atomic mass is 10.3. The summed E-state index contributed by atoms with van der Waals surface area (Å²) in [4.78, 5) is 0.295. The van der Waals surface area contributed by atoms with Crippen molar-refractivity contribution >= 4 is 15.7 Å². The summed E-state index contributed by atoms with van der Waals surface area (Å²) in [5.41, 5.74) is 3.16. The molecular formula is C12H21N3O2S. The van der Waals surface area contributed by atoms with Gasteiger partial charge >= 0.3 is 0 Å². The van der Waals surface area contributed by atoms with Gasteiger partial charge in [0.15, 0.2) is 0 Å². The van der Waals surface area contributed by atoms with Crippen molar-refractivity contribution in [2.24, 2.45) is 5.84 Å². The molecule has 0 aliphatic heterocycles. The first-order valence-corrected chi connectivity index (χ1v) is 7.49. The van der Waals surface area contributed by atoms with Crippen LogP contribution < -0.4 is 11.3 Å². The maximum Gasteiger partial charge on any atom is 0.243 e. The monoisotopic (exact) mass is 271 g/mol. The third-order valence-corrected chi connectivity index (χ3v) is 5.13. The maximum atomic E-state index is 12.4. The summed E-state index contributed by atoms with van der Waals surface area (Å²) in [5.74, 6) is 5.25. The van der Waals surface area contributed by atoms with Gasteiger partial charge in [-0.1, -0.05) is 13.8 Å². The van der Waals surface area contributed by atoms with Crippen LogP contribution >= 0.6 is 0 Å². The number of nitrogens with one attached hydrogen (secondary N) is 1. The lowest BCUT2D eigenvalue weighted by Crippen LogP contribution is -2.38. The SMILES string of the molecule is CCC(C)N(CC)S(=O)(=O)c1ccc(NN)cc1. The largest absolute Gasteiger partial charge is 0.324 e. The highest BCUT2D eigenvalue weighted by atomic mass is 32.2. The van der Waals surface area contributed by atoms with Crippen LogP contribution in [0.3, 0.4) is 0 Å². The molecule has 18 heavy (non-hydrogen) atoms. The molecule has 3 N–H and O–H groups in total. The zero-order valence-electron chi connectivity index (χ0n) is 11.1. The van der Waals surface area contributed by atoms with E-state index in [1.54, 1.807) is 24.3 Å². The molecule has 6 heteroatoms. The molecule has 5 nitrogen and oxygen atoms in total. The van der Waals surface area contributed by atoms with Crippen molar-refractivity contribution in [3.05, 3.63) is 24.3 Å². The first-order chi connectivity index (χ1) is 8.47. The second kappa shape index (κ2) is 6.17. The predicted octanol–water partition coefficient (Wildman–Crippen LogP) is 1.78. The van der Waals surface area contributed by atoms with Crippen LogP contribution in [-0.4, -0.2) is 25.3 Å². The van der Waals surface area contributed by atoms with Gasteiger partial charge in [-0.25, -0.2) is 8.42 Å². The Hall–Kier alpha value is -1.11. The van der Waals surface area contributed by atoms with E-state index in [0.717, 1.165) is 6.42 Å². The van der Waals surface area contributed by atoms with E-state index in [9.17, 15) is 8.42 Å². The van der Waals surface area contributed by atoms with Crippen molar-refractivity contribution in [3.63, 3.8) is 0 Å². The molecule has 0 aromatic heterocycles. The van der Waals surface area contributed by atoms with Gasteiger partial charge in [-0.15, -0.1) is 0 Å². The molecule has 0 heterocycles. The molecule has 0 bridgehead atoms. The van der Waals surface area contributed by atoms with Gasteiger partial charge in [-0.3, -0.25) is 5.84 Å². The predicted molar refractivity (Wildman–Crippen MR) is 73.6 cm³/mol. The number of hydrogen-bond acceptors (Lipinski definition) is 4. The minimum absolute atomic E-state index is 0.00712. The molecule has 0 aliphatic carbocycles. The molecular weight excluding hydrogens is 250 g/mol. The van der Waals surface area contributed by atoms with Gasteiger partial charge < -0.3 is 5.43 Å². The lowest BCUT2D eigenvalue weighted by Gasteiger charge is -2.26. The maximum absolute atomic E-state index is 12.4. The topological polar surface area (TPSA) is 75.4 Å². The Kier molecular flexibility index (Phi) is 5.13. The van der Waals surface area contributed by atoms with Crippen LogP contribution in [-0.2, 0) is 10.0 Å². The van der Waals surface area contributed by atoms with Gasteiger partial charge in [0.1, 0.15) is 0 Å². The molecule has 102 valence electrons. The quantitative estimate of drug-likeness (QED) is 0.611. The average Bonchev–Trinajstić information content (AvgIpc) is 2.39. The van der Waals surface area contributed by atoms with Gasteiger partial charge in [0.05, 0.1) is 4.90 Å². The van der Waals surface area contributed by atoms with Crippen LogP contribution in [0.2, 0.25) is 0 Å². The Balaban J connectivity index is 3.10. The van der Waals surface area contributed by atoms with Crippen molar-refractivity contribution in [3.8, 4) is 0 Å². The van der Waals surface area contributed by atoms with Gasteiger partial charge in [0, 0.05) is 18.3 Å². The molecule has 1 atom stereocenters. The van der Waals surface area contributed by atoms with Crippen LogP contribution in [0.1, 0.15) is 27.2 Å². The Bertz CT molecular complexity index is 471.